The van der Waals surface area contributed by atoms with E-state index in [1.54, 1.807) is 0 Å². The number of aryl methyl sites for hydroxylation is 1. The average Bonchev–Trinajstić information content (AvgIpc) is 2.04. The van der Waals surface area contributed by atoms with Crippen molar-refractivity contribution in [3.05, 3.63) is 30.1 Å². The Hall–Kier alpha value is -1.31. The maximum atomic E-state index is 4.38. The van der Waals surface area contributed by atoms with Gasteiger partial charge in [-0.1, -0.05) is 6.58 Å². The van der Waals surface area contributed by atoms with Crippen molar-refractivity contribution in [1.82, 2.24) is 4.98 Å². The number of pyridine rings is 1. The summed E-state index contributed by atoms with van der Waals surface area (Å²) in [4.78, 5) is 4.38. The number of rotatable bonds is 2. The van der Waals surface area contributed by atoms with Gasteiger partial charge in [0.15, 0.2) is 0 Å². The molecule has 1 aromatic heterocycles. The summed E-state index contributed by atoms with van der Waals surface area (Å²) in [5.74, 6) is 0. The van der Waals surface area contributed by atoms with Crippen molar-refractivity contribution < 1.29 is 0 Å². The van der Waals surface area contributed by atoms with Crippen LogP contribution in [0.2, 0.25) is 0 Å². The fourth-order valence-corrected chi connectivity index (χ4v) is 1.08. The number of nitrogens with zero attached hydrogens (tertiary/aromatic N) is 1. The Morgan fingerprint density at radius 1 is 1.50 bits per heavy atom. The predicted octanol–water partition coefficient (Wildman–Crippen LogP) is 2.46. The zero-order valence-electron chi connectivity index (χ0n) is 7.81. The van der Waals surface area contributed by atoms with E-state index >= 15 is 0 Å². The zero-order valence-corrected chi connectivity index (χ0v) is 7.81. The van der Waals surface area contributed by atoms with Gasteiger partial charge in [0, 0.05) is 12.7 Å². The first-order valence-electron chi connectivity index (χ1n) is 3.96. The van der Waals surface area contributed by atoms with Crippen LogP contribution in [0.25, 0.3) is 5.57 Å². The van der Waals surface area contributed by atoms with Crippen LogP contribution in [0.5, 0.6) is 0 Å². The quantitative estimate of drug-likeness (QED) is 0.722. The molecule has 0 spiro atoms. The Morgan fingerprint density at radius 2 is 2.17 bits per heavy atom. The summed E-state index contributed by atoms with van der Waals surface area (Å²) in [5, 5.41) is 3.08. The number of anilines is 1. The standard InChI is InChI=1S/C10H14N2/c1-7(2)10-9(11-4)6-5-8(3)12-10/h5-6,11H,1H2,2-4H3. The molecule has 2 heteroatoms. The molecule has 1 aromatic rings. The van der Waals surface area contributed by atoms with Crippen LogP contribution >= 0.6 is 0 Å². The van der Waals surface area contributed by atoms with Crippen LogP contribution in [0.4, 0.5) is 5.69 Å². The molecule has 0 atom stereocenters. The van der Waals surface area contributed by atoms with E-state index in [2.05, 4.69) is 16.9 Å². The molecule has 1 heterocycles. The highest BCUT2D eigenvalue weighted by molar-refractivity contribution is 5.70. The molecule has 0 saturated heterocycles. The molecule has 0 amide bonds. The van der Waals surface area contributed by atoms with E-state index < -0.39 is 0 Å². The van der Waals surface area contributed by atoms with Crippen molar-refractivity contribution in [3.63, 3.8) is 0 Å². The third-order valence-electron chi connectivity index (χ3n) is 1.71. The van der Waals surface area contributed by atoms with Crippen molar-refractivity contribution in [3.8, 4) is 0 Å². The lowest BCUT2D eigenvalue weighted by molar-refractivity contribution is 1.16. The Bertz CT molecular complexity index is 303. The Labute approximate surface area is 73.3 Å². The number of allylic oxidation sites excluding steroid dienone is 1. The zero-order chi connectivity index (χ0) is 9.14. The van der Waals surface area contributed by atoms with Crippen molar-refractivity contribution >= 4 is 11.3 Å². The van der Waals surface area contributed by atoms with Crippen LogP contribution in [-0.2, 0) is 0 Å². The van der Waals surface area contributed by atoms with Crippen LogP contribution in [0.3, 0.4) is 0 Å². The van der Waals surface area contributed by atoms with E-state index in [1.165, 1.54) is 0 Å². The third kappa shape index (κ3) is 1.64. The maximum Gasteiger partial charge on any atom is 0.0887 e. The summed E-state index contributed by atoms with van der Waals surface area (Å²) in [6.07, 6.45) is 0. The van der Waals surface area contributed by atoms with Crippen molar-refractivity contribution in [2.75, 3.05) is 12.4 Å². The van der Waals surface area contributed by atoms with Crippen molar-refractivity contribution in [2.45, 2.75) is 13.8 Å². The molecule has 0 fully saturated rings. The minimum absolute atomic E-state index is 0.956. The van der Waals surface area contributed by atoms with Crippen LogP contribution in [0.15, 0.2) is 18.7 Å². The summed E-state index contributed by atoms with van der Waals surface area (Å²) < 4.78 is 0. The number of hydrogen-bond acceptors (Lipinski definition) is 2. The molecule has 64 valence electrons. The first-order chi connectivity index (χ1) is 5.65. The topological polar surface area (TPSA) is 24.9 Å². The third-order valence-corrected chi connectivity index (χ3v) is 1.71. The highest BCUT2D eigenvalue weighted by Gasteiger charge is 2.02. The Kier molecular flexibility index (Phi) is 2.48. The second-order valence-corrected chi connectivity index (χ2v) is 2.88. The van der Waals surface area contributed by atoms with E-state index in [0.717, 1.165) is 22.6 Å². The summed E-state index contributed by atoms with van der Waals surface area (Å²) in [6, 6.07) is 4.00. The van der Waals surface area contributed by atoms with Gasteiger partial charge in [0.2, 0.25) is 0 Å². The molecule has 0 aliphatic rings. The molecule has 12 heavy (non-hydrogen) atoms. The lowest BCUT2D eigenvalue weighted by Gasteiger charge is -2.07. The number of nitrogens with one attached hydrogen (secondary N) is 1. The highest BCUT2D eigenvalue weighted by Crippen LogP contribution is 2.19. The SMILES string of the molecule is C=C(C)c1nc(C)ccc1NC. The van der Waals surface area contributed by atoms with Gasteiger partial charge in [-0.3, -0.25) is 4.98 Å². The van der Waals surface area contributed by atoms with Crippen LogP contribution in [-0.4, -0.2) is 12.0 Å². The summed E-state index contributed by atoms with van der Waals surface area (Å²) in [7, 11) is 1.89. The second kappa shape index (κ2) is 3.39. The van der Waals surface area contributed by atoms with Gasteiger partial charge in [-0.05, 0) is 31.6 Å². The van der Waals surface area contributed by atoms with Gasteiger partial charge in [0.25, 0.3) is 0 Å². The molecule has 2 nitrogen and oxygen atoms in total. The van der Waals surface area contributed by atoms with Crippen LogP contribution in [0, 0.1) is 6.92 Å². The Morgan fingerprint density at radius 3 is 2.67 bits per heavy atom. The van der Waals surface area contributed by atoms with Crippen molar-refractivity contribution in [1.29, 1.82) is 0 Å². The van der Waals surface area contributed by atoms with Gasteiger partial charge in [-0.25, -0.2) is 0 Å². The molecule has 0 unspecified atom stereocenters. The van der Waals surface area contributed by atoms with E-state index in [1.807, 2.05) is 33.0 Å². The minimum atomic E-state index is 0.956. The maximum absolute atomic E-state index is 4.38. The normalized spacial score (nSPS) is 9.58. The second-order valence-electron chi connectivity index (χ2n) is 2.88. The predicted molar refractivity (Wildman–Crippen MR) is 53.2 cm³/mol. The molecule has 0 aromatic carbocycles. The summed E-state index contributed by atoms with van der Waals surface area (Å²) in [6.45, 7) is 7.81. The molecule has 0 radical (unpaired) electrons. The van der Waals surface area contributed by atoms with Gasteiger partial charge >= 0.3 is 0 Å². The minimum Gasteiger partial charge on any atom is -0.386 e. The van der Waals surface area contributed by atoms with Gasteiger partial charge in [-0.2, -0.15) is 0 Å². The van der Waals surface area contributed by atoms with Gasteiger partial charge in [-0.15, -0.1) is 0 Å². The molecular formula is C10H14N2. The number of hydrogen-bond donors (Lipinski definition) is 1. The summed E-state index contributed by atoms with van der Waals surface area (Å²) in [5.41, 5.74) is 4.00. The van der Waals surface area contributed by atoms with E-state index in [9.17, 15) is 0 Å². The lowest BCUT2D eigenvalue weighted by Crippen LogP contribution is -1.97. The Balaban J connectivity index is 3.21. The lowest BCUT2D eigenvalue weighted by atomic mass is 10.2. The smallest absolute Gasteiger partial charge is 0.0887 e. The molecule has 0 saturated carbocycles. The number of aromatic nitrogens is 1. The highest BCUT2D eigenvalue weighted by atomic mass is 14.9. The van der Waals surface area contributed by atoms with E-state index in [0.29, 0.717) is 0 Å². The molecule has 1 N–H and O–H groups in total. The van der Waals surface area contributed by atoms with E-state index in [4.69, 9.17) is 0 Å². The first-order valence-corrected chi connectivity index (χ1v) is 3.96. The monoisotopic (exact) mass is 162 g/mol. The molecule has 0 bridgehead atoms. The van der Waals surface area contributed by atoms with Crippen LogP contribution in [0.1, 0.15) is 18.3 Å². The van der Waals surface area contributed by atoms with E-state index in [-0.39, 0.29) is 0 Å². The van der Waals surface area contributed by atoms with Crippen molar-refractivity contribution in [2.24, 2.45) is 0 Å². The molecule has 1 rings (SSSR count). The molecular weight excluding hydrogens is 148 g/mol. The van der Waals surface area contributed by atoms with Gasteiger partial charge in [0.1, 0.15) is 0 Å². The molecule has 0 aliphatic heterocycles. The average molecular weight is 162 g/mol. The van der Waals surface area contributed by atoms with Gasteiger partial charge in [0.05, 0.1) is 11.4 Å². The molecule has 0 aliphatic carbocycles. The largest absolute Gasteiger partial charge is 0.386 e. The van der Waals surface area contributed by atoms with Crippen LogP contribution < -0.4 is 5.32 Å². The first kappa shape index (κ1) is 8.78. The fraction of sp³-hybridized carbons (Fsp3) is 0.300. The fourth-order valence-electron chi connectivity index (χ4n) is 1.08. The summed E-state index contributed by atoms with van der Waals surface area (Å²) >= 11 is 0. The van der Waals surface area contributed by atoms with Gasteiger partial charge < -0.3 is 5.32 Å².